The molecule has 0 aliphatic carbocycles. The molecule has 0 bridgehead atoms. The van der Waals surface area contributed by atoms with Gasteiger partial charge in [-0.2, -0.15) is 13.9 Å². The zero-order chi connectivity index (χ0) is 12.1. The molecule has 1 amide bonds. The predicted octanol–water partition coefficient (Wildman–Crippen LogP) is 2.45. The van der Waals surface area contributed by atoms with Crippen LogP contribution in [-0.2, 0) is 4.79 Å². The molecule has 1 rings (SSSR count). The monoisotopic (exact) mass is 246 g/mol. The van der Waals surface area contributed by atoms with Crippen molar-refractivity contribution in [2.45, 2.75) is 13.3 Å². The zero-order valence-electron chi connectivity index (χ0n) is 8.38. The number of hydrazone groups is 1. The first kappa shape index (κ1) is 12.6. The number of benzene rings is 1. The van der Waals surface area contributed by atoms with Gasteiger partial charge in [0.15, 0.2) is 0 Å². The molecular weight excluding hydrogens is 238 g/mol. The summed E-state index contributed by atoms with van der Waals surface area (Å²) in [4.78, 5) is 10.6. The number of hydrogen-bond acceptors (Lipinski definition) is 2. The molecule has 0 aliphatic rings. The van der Waals surface area contributed by atoms with Crippen molar-refractivity contribution in [2.24, 2.45) is 5.10 Å². The van der Waals surface area contributed by atoms with Gasteiger partial charge in [0.05, 0.1) is 5.71 Å². The lowest BCUT2D eigenvalue weighted by Crippen LogP contribution is -2.25. The van der Waals surface area contributed by atoms with Gasteiger partial charge >= 0.3 is 12.3 Å². The average molecular weight is 247 g/mol. The fraction of sp³-hybridized carbons (Fsp3) is 0.200. The largest absolute Gasteiger partial charge is 0.317 e. The quantitative estimate of drug-likeness (QED) is 0.646. The Balaban J connectivity index is 2.74. The first-order chi connectivity index (χ1) is 7.50. The van der Waals surface area contributed by atoms with E-state index in [1.807, 2.05) is 0 Å². The molecule has 1 N–H and O–H groups in total. The molecule has 16 heavy (non-hydrogen) atoms. The standard InChI is InChI=1S/C10H9ClF2N2O/c1-6(14-15-10(16)9(12)13)7-3-2-4-8(11)5-7/h2-5,9H,1H3,(H,15,16)/b14-6+. The molecule has 0 spiro atoms. The third kappa shape index (κ3) is 3.58. The van der Waals surface area contributed by atoms with Gasteiger partial charge in [-0.25, -0.2) is 5.43 Å². The highest BCUT2D eigenvalue weighted by atomic mass is 35.5. The highest BCUT2D eigenvalue weighted by molar-refractivity contribution is 6.31. The maximum atomic E-state index is 11.8. The summed E-state index contributed by atoms with van der Waals surface area (Å²) in [6.45, 7) is 1.58. The van der Waals surface area contributed by atoms with Crippen LogP contribution in [0.1, 0.15) is 12.5 Å². The molecule has 0 heterocycles. The SMILES string of the molecule is C/C(=N\NC(=O)C(F)F)c1cccc(Cl)c1. The van der Waals surface area contributed by atoms with Gasteiger partial charge in [-0.15, -0.1) is 0 Å². The molecule has 0 aromatic heterocycles. The minimum Gasteiger partial charge on any atom is -0.266 e. The minimum absolute atomic E-state index is 0.400. The molecule has 1 aromatic carbocycles. The lowest BCUT2D eigenvalue weighted by Gasteiger charge is -2.02. The number of nitrogens with one attached hydrogen (secondary N) is 1. The first-order valence-corrected chi connectivity index (χ1v) is 4.76. The summed E-state index contributed by atoms with van der Waals surface area (Å²) in [5.41, 5.74) is 2.81. The second-order valence-corrected chi connectivity index (χ2v) is 3.42. The number of hydrogen-bond donors (Lipinski definition) is 1. The summed E-state index contributed by atoms with van der Waals surface area (Å²) in [6.07, 6.45) is -3.07. The lowest BCUT2D eigenvalue weighted by molar-refractivity contribution is -0.131. The Hall–Kier alpha value is -1.49. The summed E-state index contributed by atoms with van der Waals surface area (Å²) >= 11 is 5.74. The molecule has 0 fully saturated rings. The van der Waals surface area contributed by atoms with E-state index in [9.17, 15) is 13.6 Å². The Kier molecular flexibility index (Phi) is 4.37. The van der Waals surface area contributed by atoms with E-state index >= 15 is 0 Å². The normalized spacial score (nSPS) is 11.7. The van der Waals surface area contributed by atoms with Crippen LogP contribution in [0.3, 0.4) is 0 Å². The van der Waals surface area contributed by atoms with Crippen LogP contribution >= 0.6 is 11.6 Å². The summed E-state index contributed by atoms with van der Waals surface area (Å²) in [5, 5.41) is 4.04. The third-order valence-corrected chi connectivity index (χ3v) is 2.01. The van der Waals surface area contributed by atoms with Crippen LogP contribution in [0.15, 0.2) is 29.4 Å². The summed E-state index contributed by atoms with van der Waals surface area (Å²) in [7, 11) is 0. The van der Waals surface area contributed by atoms with Crippen molar-refractivity contribution in [3.05, 3.63) is 34.9 Å². The Morgan fingerprint density at radius 3 is 2.75 bits per heavy atom. The van der Waals surface area contributed by atoms with E-state index in [-0.39, 0.29) is 0 Å². The number of carbonyl (C=O) groups is 1. The van der Waals surface area contributed by atoms with E-state index < -0.39 is 12.3 Å². The fourth-order valence-electron chi connectivity index (χ4n) is 0.966. The van der Waals surface area contributed by atoms with E-state index in [2.05, 4.69) is 5.10 Å². The van der Waals surface area contributed by atoms with Crippen molar-refractivity contribution in [1.82, 2.24) is 5.43 Å². The third-order valence-electron chi connectivity index (χ3n) is 1.77. The minimum atomic E-state index is -3.07. The molecule has 1 aromatic rings. The molecule has 0 saturated carbocycles. The number of carbonyl (C=O) groups excluding carboxylic acids is 1. The van der Waals surface area contributed by atoms with Gasteiger partial charge in [0.25, 0.3) is 0 Å². The van der Waals surface area contributed by atoms with Crippen molar-refractivity contribution >= 4 is 23.2 Å². The Morgan fingerprint density at radius 2 is 2.19 bits per heavy atom. The van der Waals surface area contributed by atoms with E-state index in [0.29, 0.717) is 16.3 Å². The van der Waals surface area contributed by atoms with E-state index in [4.69, 9.17) is 11.6 Å². The molecule has 0 aliphatic heterocycles. The van der Waals surface area contributed by atoms with E-state index in [1.54, 1.807) is 36.6 Å². The number of halogens is 3. The maximum absolute atomic E-state index is 11.8. The van der Waals surface area contributed by atoms with Gasteiger partial charge in [0.2, 0.25) is 0 Å². The van der Waals surface area contributed by atoms with E-state index in [0.717, 1.165) is 0 Å². The van der Waals surface area contributed by atoms with Crippen LogP contribution in [0, 0.1) is 0 Å². The molecule has 0 radical (unpaired) electrons. The lowest BCUT2D eigenvalue weighted by atomic mass is 10.1. The van der Waals surface area contributed by atoms with Gasteiger partial charge in [0, 0.05) is 5.02 Å². The van der Waals surface area contributed by atoms with Crippen LogP contribution in [0.2, 0.25) is 5.02 Å². The second-order valence-electron chi connectivity index (χ2n) is 2.98. The van der Waals surface area contributed by atoms with Gasteiger partial charge in [-0.05, 0) is 24.6 Å². The second kappa shape index (κ2) is 5.55. The summed E-state index contributed by atoms with van der Waals surface area (Å²) < 4.78 is 23.7. The molecule has 0 saturated heterocycles. The Morgan fingerprint density at radius 1 is 1.50 bits per heavy atom. The van der Waals surface area contributed by atoms with Gasteiger partial charge in [-0.3, -0.25) is 4.79 Å². The fourth-order valence-corrected chi connectivity index (χ4v) is 1.16. The maximum Gasteiger partial charge on any atom is 0.317 e. The topological polar surface area (TPSA) is 41.5 Å². The first-order valence-electron chi connectivity index (χ1n) is 4.39. The molecule has 86 valence electrons. The number of alkyl halides is 2. The average Bonchev–Trinajstić information content (AvgIpc) is 2.25. The van der Waals surface area contributed by atoms with Gasteiger partial charge < -0.3 is 0 Å². The highest BCUT2D eigenvalue weighted by Gasteiger charge is 2.13. The van der Waals surface area contributed by atoms with Crippen LogP contribution < -0.4 is 5.43 Å². The molecule has 3 nitrogen and oxygen atoms in total. The summed E-state index contributed by atoms with van der Waals surface area (Å²) in [5.74, 6) is -1.43. The number of nitrogens with zero attached hydrogens (tertiary/aromatic N) is 1. The molecule has 6 heteroatoms. The van der Waals surface area contributed by atoms with Crippen molar-refractivity contribution in [1.29, 1.82) is 0 Å². The smallest absolute Gasteiger partial charge is 0.266 e. The summed E-state index contributed by atoms with van der Waals surface area (Å²) in [6, 6.07) is 6.70. The van der Waals surface area contributed by atoms with Crippen molar-refractivity contribution in [3.63, 3.8) is 0 Å². The van der Waals surface area contributed by atoms with Crippen LogP contribution in [0.4, 0.5) is 8.78 Å². The van der Waals surface area contributed by atoms with Crippen molar-refractivity contribution < 1.29 is 13.6 Å². The van der Waals surface area contributed by atoms with Gasteiger partial charge in [0.1, 0.15) is 0 Å². The Labute approximate surface area is 96.1 Å². The number of rotatable bonds is 3. The van der Waals surface area contributed by atoms with Crippen LogP contribution in [-0.4, -0.2) is 18.0 Å². The van der Waals surface area contributed by atoms with Crippen LogP contribution in [0.5, 0.6) is 0 Å². The highest BCUT2D eigenvalue weighted by Crippen LogP contribution is 2.11. The zero-order valence-corrected chi connectivity index (χ0v) is 9.13. The van der Waals surface area contributed by atoms with Gasteiger partial charge in [-0.1, -0.05) is 23.7 Å². The van der Waals surface area contributed by atoms with Crippen molar-refractivity contribution in [2.75, 3.05) is 0 Å². The Bertz CT molecular complexity index is 421. The molecular formula is C10H9ClF2N2O. The van der Waals surface area contributed by atoms with E-state index in [1.165, 1.54) is 0 Å². The predicted molar refractivity (Wildman–Crippen MR) is 57.8 cm³/mol. The number of amides is 1. The van der Waals surface area contributed by atoms with Crippen molar-refractivity contribution in [3.8, 4) is 0 Å². The van der Waals surface area contributed by atoms with Crippen LogP contribution in [0.25, 0.3) is 0 Å². The molecule has 0 unspecified atom stereocenters. The molecule has 0 atom stereocenters.